The van der Waals surface area contributed by atoms with Gasteiger partial charge in [0, 0.05) is 24.5 Å². The largest absolute Gasteiger partial charge is 0.328 e. The molecule has 4 aromatic rings. The fourth-order valence-electron chi connectivity index (χ4n) is 3.62. The Kier molecular flexibility index (Phi) is 5.43. The van der Waals surface area contributed by atoms with Crippen LogP contribution in [0.3, 0.4) is 0 Å². The van der Waals surface area contributed by atoms with Gasteiger partial charge in [0.1, 0.15) is 0 Å². The van der Waals surface area contributed by atoms with Crippen LogP contribution < -0.4 is 0 Å². The van der Waals surface area contributed by atoms with E-state index in [9.17, 15) is 4.79 Å². The van der Waals surface area contributed by atoms with Crippen molar-refractivity contribution in [3.63, 3.8) is 0 Å². The zero-order valence-electron chi connectivity index (χ0n) is 17.3. The second-order valence-electron chi connectivity index (χ2n) is 7.29. The third-order valence-electron chi connectivity index (χ3n) is 5.23. The number of nitrogens with zero attached hydrogens (tertiary/aromatic N) is 5. The third-order valence-corrected chi connectivity index (χ3v) is 5.23. The third kappa shape index (κ3) is 3.87. The molecule has 0 fully saturated rings. The van der Waals surface area contributed by atoms with E-state index in [1.165, 1.54) is 0 Å². The SMILES string of the molecule is Cc1nn(C)c(C)c1C(=O)N(Cc1ccccn1)Cc1cn[nH]c1-c1ccccc1. The molecule has 0 aliphatic carbocycles. The summed E-state index contributed by atoms with van der Waals surface area (Å²) in [6.45, 7) is 4.59. The van der Waals surface area contributed by atoms with E-state index in [-0.39, 0.29) is 5.91 Å². The predicted molar refractivity (Wildman–Crippen MR) is 115 cm³/mol. The van der Waals surface area contributed by atoms with Gasteiger partial charge in [0.2, 0.25) is 0 Å². The van der Waals surface area contributed by atoms with Crippen LogP contribution in [0.1, 0.15) is 33.0 Å². The zero-order valence-corrected chi connectivity index (χ0v) is 17.3. The van der Waals surface area contributed by atoms with Crippen molar-refractivity contribution in [3.05, 3.63) is 89.1 Å². The number of carbonyl (C=O) groups is 1. The maximum Gasteiger partial charge on any atom is 0.258 e. The number of H-pyrrole nitrogens is 1. The quantitative estimate of drug-likeness (QED) is 0.536. The van der Waals surface area contributed by atoms with Crippen molar-refractivity contribution in [1.82, 2.24) is 29.9 Å². The maximum absolute atomic E-state index is 13.6. The highest BCUT2D eigenvalue weighted by Gasteiger charge is 2.25. The van der Waals surface area contributed by atoms with Gasteiger partial charge in [-0.3, -0.25) is 19.6 Å². The number of hydrogen-bond acceptors (Lipinski definition) is 4. The number of hydrogen-bond donors (Lipinski definition) is 1. The molecule has 30 heavy (non-hydrogen) atoms. The van der Waals surface area contributed by atoms with E-state index < -0.39 is 0 Å². The number of aromatic nitrogens is 5. The molecule has 1 amide bonds. The van der Waals surface area contributed by atoms with Gasteiger partial charge in [0.15, 0.2) is 0 Å². The second kappa shape index (κ2) is 8.32. The smallest absolute Gasteiger partial charge is 0.258 e. The van der Waals surface area contributed by atoms with Crippen molar-refractivity contribution in [2.75, 3.05) is 0 Å². The lowest BCUT2D eigenvalue weighted by atomic mass is 10.1. The first-order chi connectivity index (χ1) is 14.5. The van der Waals surface area contributed by atoms with Gasteiger partial charge in [0.25, 0.3) is 5.91 Å². The molecule has 0 spiro atoms. The molecule has 3 heterocycles. The van der Waals surface area contributed by atoms with E-state index in [4.69, 9.17) is 0 Å². The molecule has 0 saturated heterocycles. The first kappa shape index (κ1) is 19.6. The van der Waals surface area contributed by atoms with Crippen LogP contribution in [0.25, 0.3) is 11.3 Å². The van der Waals surface area contributed by atoms with Crippen LogP contribution in [0.5, 0.6) is 0 Å². The normalized spacial score (nSPS) is 10.9. The van der Waals surface area contributed by atoms with Gasteiger partial charge in [0.05, 0.1) is 41.9 Å². The molecule has 1 aromatic carbocycles. The molecule has 4 rings (SSSR count). The summed E-state index contributed by atoms with van der Waals surface area (Å²) in [5, 5.41) is 11.7. The molecule has 0 saturated carbocycles. The summed E-state index contributed by atoms with van der Waals surface area (Å²) < 4.78 is 1.74. The van der Waals surface area contributed by atoms with Gasteiger partial charge in [-0.2, -0.15) is 10.2 Å². The summed E-state index contributed by atoms with van der Waals surface area (Å²) in [5.74, 6) is -0.0658. The molecular weight excluding hydrogens is 376 g/mol. The van der Waals surface area contributed by atoms with E-state index in [2.05, 4.69) is 20.3 Å². The molecule has 0 aliphatic rings. The van der Waals surface area contributed by atoms with Crippen LogP contribution in [-0.2, 0) is 20.1 Å². The van der Waals surface area contributed by atoms with Gasteiger partial charge in [-0.15, -0.1) is 0 Å². The number of rotatable bonds is 6. The highest BCUT2D eigenvalue weighted by atomic mass is 16.2. The van der Waals surface area contributed by atoms with E-state index >= 15 is 0 Å². The zero-order chi connectivity index (χ0) is 21.1. The van der Waals surface area contributed by atoms with E-state index in [0.717, 1.165) is 33.9 Å². The van der Waals surface area contributed by atoms with Crippen LogP contribution in [0.4, 0.5) is 0 Å². The topological polar surface area (TPSA) is 79.7 Å². The van der Waals surface area contributed by atoms with Crippen LogP contribution in [-0.4, -0.2) is 35.8 Å². The van der Waals surface area contributed by atoms with Crippen molar-refractivity contribution in [2.24, 2.45) is 7.05 Å². The van der Waals surface area contributed by atoms with Crippen molar-refractivity contribution >= 4 is 5.91 Å². The van der Waals surface area contributed by atoms with Gasteiger partial charge in [-0.05, 0) is 31.5 Å². The Morgan fingerprint density at radius 2 is 1.83 bits per heavy atom. The molecule has 7 nitrogen and oxygen atoms in total. The molecule has 0 bridgehead atoms. The highest BCUT2D eigenvalue weighted by molar-refractivity contribution is 5.96. The summed E-state index contributed by atoms with van der Waals surface area (Å²) in [5.41, 5.74) is 5.93. The summed E-state index contributed by atoms with van der Waals surface area (Å²) in [7, 11) is 1.85. The standard InChI is InChI=1S/C23H24N6O/c1-16-21(17(2)28(3)27-16)23(30)29(15-20-11-7-8-12-24-20)14-19-13-25-26-22(19)18-9-5-4-6-10-18/h4-13H,14-15H2,1-3H3,(H,25,26). The average molecular weight is 400 g/mol. The Bertz CT molecular complexity index is 1150. The molecule has 0 aliphatic heterocycles. The number of amides is 1. The first-order valence-corrected chi connectivity index (χ1v) is 9.81. The molecule has 1 N–H and O–H groups in total. The summed E-state index contributed by atoms with van der Waals surface area (Å²) >= 11 is 0. The molecule has 7 heteroatoms. The number of carbonyl (C=O) groups excluding carboxylic acids is 1. The summed E-state index contributed by atoms with van der Waals surface area (Å²) in [4.78, 5) is 19.8. The highest BCUT2D eigenvalue weighted by Crippen LogP contribution is 2.24. The maximum atomic E-state index is 13.6. The number of aromatic amines is 1. The fourth-order valence-corrected chi connectivity index (χ4v) is 3.62. The Morgan fingerprint density at radius 3 is 2.50 bits per heavy atom. The Labute approximate surface area is 175 Å². The Hall–Kier alpha value is -3.74. The predicted octanol–water partition coefficient (Wildman–Crippen LogP) is 3.66. The second-order valence-corrected chi connectivity index (χ2v) is 7.29. The van der Waals surface area contributed by atoms with Crippen LogP contribution >= 0.6 is 0 Å². The minimum atomic E-state index is -0.0658. The van der Waals surface area contributed by atoms with E-state index in [1.807, 2.05) is 69.4 Å². The summed E-state index contributed by atoms with van der Waals surface area (Å²) in [6, 6.07) is 15.7. The van der Waals surface area contributed by atoms with Crippen molar-refractivity contribution in [2.45, 2.75) is 26.9 Å². The lowest BCUT2D eigenvalue weighted by molar-refractivity contribution is 0.0726. The van der Waals surface area contributed by atoms with E-state index in [1.54, 1.807) is 22.0 Å². The number of nitrogens with one attached hydrogen (secondary N) is 1. The minimum Gasteiger partial charge on any atom is -0.328 e. The fraction of sp³-hybridized carbons (Fsp3) is 0.217. The first-order valence-electron chi connectivity index (χ1n) is 9.81. The molecule has 0 radical (unpaired) electrons. The van der Waals surface area contributed by atoms with Gasteiger partial charge >= 0.3 is 0 Å². The van der Waals surface area contributed by atoms with Crippen LogP contribution in [0.15, 0.2) is 60.9 Å². The average Bonchev–Trinajstić information content (AvgIpc) is 3.32. The number of pyridine rings is 1. The molecule has 0 unspecified atom stereocenters. The van der Waals surface area contributed by atoms with E-state index in [0.29, 0.717) is 18.7 Å². The van der Waals surface area contributed by atoms with Crippen molar-refractivity contribution < 1.29 is 4.79 Å². The van der Waals surface area contributed by atoms with Crippen molar-refractivity contribution in [3.8, 4) is 11.3 Å². The molecule has 152 valence electrons. The monoisotopic (exact) mass is 400 g/mol. The van der Waals surface area contributed by atoms with Crippen LogP contribution in [0.2, 0.25) is 0 Å². The Morgan fingerprint density at radius 1 is 1.07 bits per heavy atom. The Balaban J connectivity index is 1.70. The molecule has 3 aromatic heterocycles. The number of aryl methyl sites for hydroxylation is 2. The molecular formula is C23H24N6O. The lowest BCUT2D eigenvalue weighted by Crippen LogP contribution is -2.31. The minimum absolute atomic E-state index is 0.0658. The van der Waals surface area contributed by atoms with Gasteiger partial charge < -0.3 is 4.90 Å². The lowest BCUT2D eigenvalue weighted by Gasteiger charge is -2.23. The number of benzene rings is 1. The molecule has 0 atom stereocenters. The summed E-state index contributed by atoms with van der Waals surface area (Å²) in [6.07, 6.45) is 3.52. The van der Waals surface area contributed by atoms with Gasteiger partial charge in [-0.25, -0.2) is 0 Å². The van der Waals surface area contributed by atoms with Crippen LogP contribution in [0, 0.1) is 13.8 Å². The van der Waals surface area contributed by atoms with Crippen molar-refractivity contribution in [1.29, 1.82) is 0 Å². The van der Waals surface area contributed by atoms with Gasteiger partial charge in [-0.1, -0.05) is 36.4 Å².